The van der Waals surface area contributed by atoms with Gasteiger partial charge in [-0.2, -0.15) is 5.26 Å². The highest BCUT2D eigenvalue weighted by atomic mass is 35.5. The average molecular weight is 245 g/mol. The van der Waals surface area contributed by atoms with Crippen molar-refractivity contribution in [3.05, 3.63) is 23.4 Å². The number of unbranched alkanes of at least 4 members (excludes halogenated alkanes) is 1. The third-order valence-electron chi connectivity index (χ3n) is 1.72. The molecule has 4 nitrogen and oxygen atoms in total. The number of nitrogens with zero attached hydrogens (tertiary/aromatic N) is 2. The SMILES string of the molecule is N#CCCCS(=O)(=O)c1ccc(Cl)cn1. The molecule has 80 valence electrons. The third kappa shape index (κ3) is 3.50. The molecule has 0 aliphatic carbocycles. The fourth-order valence-corrected chi connectivity index (χ4v) is 2.33. The van der Waals surface area contributed by atoms with E-state index in [1.165, 1.54) is 18.3 Å². The molecule has 1 aromatic heterocycles. The van der Waals surface area contributed by atoms with Crippen molar-refractivity contribution in [2.24, 2.45) is 0 Å². The van der Waals surface area contributed by atoms with Crippen molar-refractivity contribution in [3.8, 4) is 6.07 Å². The minimum atomic E-state index is -3.37. The van der Waals surface area contributed by atoms with Gasteiger partial charge in [0.2, 0.25) is 0 Å². The van der Waals surface area contributed by atoms with Crippen LogP contribution in [-0.4, -0.2) is 19.2 Å². The molecule has 1 heterocycles. The molecule has 0 atom stereocenters. The number of pyridine rings is 1. The predicted molar refractivity (Wildman–Crippen MR) is 56.1 cm³/mol. The topological polar surface area (TPSA) is 70.8 Å². The van der Waals surface area contributed by atoms with Crippen LogP contribution in [-0.2, 0) is 9.84 Å². The number of sulfone groups is 1. The number of nitriles is 1. The summed E-state index contributed by atoms with van der Waals surface area (Å²) in [6.45, 7) is 0. The first-order chi connectivity index (χ1) is 7.06. The number of hydrogen-bond donors (Lipinski definition) is 0. The molecule has 0 N–H and O–H groups in total. The Morgan fingerprint density at radius 3 is 2.73 bits per heavy atom. The van der Waals surface area contributed by atoms with Gasteiger partial charge >= 0.3 is 0 Å². The largest absolute Gasteiger partial charge is 0.243 e. The van der Waals surface area contributed by atoms with Crippen molar-refractivity contribution in [2.75, 3.05) is 5.75 Å². The van der Waals surface area contributed by atoms with Gasteiger partial charge in [0.05, 0.1) is 16.8 Å². The summed E-state index contributed by atoms with van der Waals surface area (Å²) in [5.74, 6) is -0.0603. The summed E-state index contributed by atoms with van der Waals surface area (Å²) >= 11 is 5.59. The average Bonchev–Trinajstić information content (AvgIpc) is 2.18. The van der Waals surface area contributed by atoms with E-state index in [1.54, 1.807) is 0 Å². The predicted octanol–water partition coefficient (Wildman–Crippen LogP) is 1.81. The molecular weight excluding hydrogens is 236 g/mol. The van der Waals surface area contributed by atoms with Crippen molar-refractivity contribution in [2.45, 2.75) is 17.9 Å². The monoisotopic (exact) mass is 244 g/mol. The van der Waals surface area contributed by atoms with Crippen LogP contribution in [0.4, 0.5) is 0 Å². The van der Waals surface area contributed by atoms with E-state index in [4.69, 9.17) is 16.9 Å². The Bertz CT molecular complexity index is 462. The Morgan fingerprint density at radius 2 is 2.20 bits per heavy atom. The van der Waals surface area contributed by atoms with Gasteiger partial charge in [-0.1, -0.05) is 11.6 Å². The molecule has 0 unspecified atom stereocenters. The van der Waals surface area contributed by atoms with Crippen LogP contribution in [0.25, 0.3) is 0 Å². The van der Waals surface area contributed by atoms with E-state index < -0.39 is 9.84 Å². The van der Waals surface area contributed by atoms with Gasteiger partial charge in [0.15, 0.2) is 14.9 Å². The molecule has 0 radical (unpaired) electrons. The molecule has 0 aromatic carbocycles. The quantitative estimate of drug-likeness (QED) is 0.758. The van der Waals surface area contributed by atoms with Crippen LogP contribution in [0, 0.1) is 11.3 Å². The van der Waals surface area contributed by atoms with Gasteiger partial charge < -0.3 is 0 Å². The zero-order valence-corrected chi connectivity index (χ0v) is 9.42. The van der Waals surface area contributed by atoms with Crippen LogP contribution < -0.4 is 0 Å². The zero-order chi connectivity index (χ0) is 11.3. The molecule has 0 aliphatic heterocycles. The Hall–Kier alpha value is -1.12. The van der Waals surface area contributed by atoms with Crippen molar-refractivity contribution in [1.82, 2.24) is 4.98 Å². The molecule has 1 aromatic rings. The van der Waals surface area contributed by atoms with Crippen LogP contribution in [0.1, 0.15) is 12.8 Å². The maximum absolute atomic E-state index is 11.6. The summed E-state index contributed by atoms with van der Waals surface area (Å²) in [6.07, 6.45) is 1.84. The highest BCUT2D eigenvalue weighted by Crippen LogP contribution is 2.12. The summed E-state index contributed by atoms with van der Waals surface area (Å²) in [7, 11) is -3.37. The van der Waals surface area contributed by atoms with Gasteiger partial charge in [0.25, 0.3) is 0 Å². The minimum absolute atomic E-state index is 0.00448. The van der Waals surface area contributed by atoms with Crippen molar-refractivity contribution >= 4 is 21.4 Å². The smallest absolute Gasteiger partial charge is 0.195 e. The summed E-state index contributed by atoms with van der Waals surface area (Å²) in [5.41, 5.74) is 0. The fourth-order valence-electron chi connectivity index (χ4n) is 0.992. The van der Waals surface area contributed by atoms with E-state index >= 15 is 0 Å². The second-order valence-corrected chi connectivity index (χ2v) is 5.39. The van der Waals surface area contributed by atoms with E-state index in [9.17, 15) is 8.42 Å². The van der Waals surface area contributed by atoms with E-state index in [0.29, 0.717) is 11.4 Å². The summed E-state index contributed by atoms with van der Waals surface area (Å²) < 4.78 is 23.2. The van der Waals surface area contributed by atoms with Crippen molar-refractivity contribution in [1.29, 1.82) is 5.26 Å². The van der Waals surface area contributed by atoms with Gasteiger partial charge in [-0.05, 0) is 18.6 Å². The van der Waals surface area contributed by atoms with E-state index in [1.807, 2.05) is 6.07 Å². The van der Waals surface area contributed by atoms with Crippen molar-refractivity contribution in [3.63, 3.8) is 0 Å². The second kappa shape index (κ2) is 5.10. The molecule has 0 amide bonds. The Balaban J connectivity index is 2.79. The molecule has 0 saturated carbocycles. The summed E-state index contributed by atoms with van der Waals surface area (Å²) in [5, 5.41) is 8.69. The highest BCUT2D eigenvalue weighted by molar-refractivity contribution is 7.91. The van der Waals surface area contributed by atoms with Crippen LogP contribution in [0.2, 0.25) is 5.02 Å². The number of halogens is 1. The molecule has 0 fully saturated rings. The zero-order valence-electron chi connectivity index (χ0n) is 7.85. The van der Waals surface area contributed by atoms with Gasteiger partial charge in [-0.3, -0.25) is 0 Å². The van der Waals surface area contributed by atoms with Gasteiger partial charge in [-0.25, -0.2) is 13.4 Å². The van der Waals surface area contributed by atoms with Gasteiger partial charge in [0.1, 0.15) is 0 Å². The maximum atomic E-state index is 11.6. The molecule has 0 saturated heterocycles. The number of rotatable bonds is 4. The first-order valence-corrected chi connectivity index (χ1v) is 6.30. The molecule has 6 heteroatoms. The van der Waals surface area contributed by atoms with Gasteiger partial charge in [0, 0.05) is 12.6 Å². The van der Waals surface area contributed by atoms with Crippen LogP contribution in [0.5, 0.6) is 0 Å². The highest BCUT2D eigenvalue weighted by Gasteiger charge is 2.14. The summed E-state index contributed by atoms with van der Waals surface area (Å²) in [4.78, 5) is 3.73. The first kappa shape index (κ1) is 12.0. The molecular formula is C9H9ClN2O2S. The Morgan fingerprint density at radius 1 is 1.47 bits per heavy atom. The van der Waals surface area contributed by atoms with E-state index in [-0.39, 0.29) is 17.2 Å². The normalized spacial score (nSPS) is 10.9. The van der Waals surface area contributed by atoms with Crippen LogP contribution >= 0.6 is 11.6 Å². The van der Waals surface area contributed by atoms with Crippen LogP contribution in [0.3, 0.4) is 0 Å². The molecule has 0 spiro atoms. The fraction of sp³-hybridized carbons (Fsp3) is 0.333. The van der Waals surface area contributed by atoms with Crippen LogP contribution in [0.15, 0.2) is 23.4 Å². The standard InChI is InChI=1S/C9H9ClN2O2S/c10-8-3-4-9(12-7-8)15(13,14)6-2-1-5-11/h3-4,7H,1-2,6H2. The number of hydrogen-bond acceptors (Lipinski definition) is 4. The number of aromatic nitrogens is 1. The van der Waals surface area contributed by atoms with Gasteiger partial charge in [-0.15, -0.1) is 0 Å². The maximum Gasteiger partial charge on any atom is 0.195 e. The lowest BCUT2D eigenvalue weighted by molar-refractivity contribution is 0.590. The lowest BCUT2D eigenvalue weighted by Gasteiger charge is -2.01. The van der Waals surface area contributed by atoms with E-state index in [2.05, 4.69) is 4.98 Å². The molecule has 0 bridgehead atoms. The summed E-state index contributed by atoms with van der Waals surface area (Å²) in [6, 6.07) is 4.74. The lowest BCUT2D eigenvalue weighted by Crippen LogP contribution is -2.08. The Labute approximate surface area is 93.4 Å². The lowest BCUT2D eigenvalue weighted by atomic mass is 10.4. The molecule has 0 aliphatic rings. The second-order valence-electron chi connectivity index (χ2n) is 2.90. The molecule has 15 heavy (non-hydrogen) atoms. The van der Waals surface area contributed by atoms with Crippen molar-refractivity contribution < 1.29 is 8.42 Å². The van der Waals surface area contributed by atoms with E-state index in [0.717, 1.165) is 0 Å². The first-order valence-electron chi connectivity index (χ1n) is 4.27. The third-order valence-corrected chi connectivity index (χ3v) is 3.65. The molecule has 1 rings (SSSR count). The minimum Gasteiger partial charge on any atom is -0.243 e. The Kier molecular flexibility index (Phi) is 4.06.